The van der Waals surface area contributed by atoms with Gasteiger partial charge < -0.3 is 19.9 Å². The van der Waals surface area contributed by atoms with Crippen LogP contribution < -0.4 is 14.8 Å². The van der Waals surface area contributed by atoms with Gasteiger partial charge in [0.15, 0.2) is 5.75 Å². The van der Waals surface area contributed by atoms with Crippen LogP contribution in [0.1, 0.15) is 60.5 Å². The van der Waals surface area contributed by atoms with Gasteiger partial charge in [-0.05, 0) is 44.1 Å². The summed E-state index contributed by atoms with van der Waals surface area (Å²) in [4.78, 5) is 29.2. The molecule has 2 N–H and O–H groups in total. The minimum absolute atomic E-state index is 0.245. The Labute approximate surface area is 189 Å². The third-order valence-corrected chi connectivity index (χ3v) is 6.30. The van der Waals surface area contributed by atoms with E-state index in [1.807, 2.05) is 25.1 Å². The SMILES string of the molecule is CC[C@H]1CC[C@@](NC(=O)c2cnc(OC)c(OCCc3cccc(C)c3)c2)(C(=O)O)CC1. The highest BCUT2D eigenvalue weighted by molar-refractivity contribution is 5.98. The number of carboxylic acids is 1. The summed E-state index contributed by atoms with van der Waals surface area (Å²) in [6.45, 7) is 4.54. The van der Waals surface area contributed by atoms with E-state index >= 15 is 0 Å². The number of hydrogen-bond donors (Lipinski definition) is 2. The van der Waals surface area contributed by atoms with Gasteiger partial charge in [0.1, 0.15) is 5.54 Å². The molecule has 172 valence electrons. The standard InChI is InChI=1S/C25H32N2O5/c1-4-18-8-11-25(12-9-18,24(29)30)27-22(28)20-15-21(23(31-3)26-16-20)32-13-10-19-7-5-6-17(2)14-19/h5-7,14-16,18H,4,8-13H2,1-3H3,(H,27,28)(H,29,30)/t18-,25-. The maximum atomic E-state index is 12.9. The normalized spacial score (nSPS) is 20.4. The van der Waals surface area contributed by atoms with E-state index < -0.39 is 17.4 Å². The first-order valence-electron chi connectivity index (χ1n) is 11.1. The number of amides is 1. The molecule has 0 radical (unpaired) electrons. The van der Waals surface area contributed by atoms with Crippen molar-refractivity contribution >= 4 is 11.9 Å². The van der Waals surface area contributed by atoms with E-state index in [2.05, 4.69) is 23.3 Å². The van der Waals surface area contributed by atoms with Crippen molar-refractivity contribution in [1.29, 1.82) is 0 Å². The van der Waals surface area contributed by atoms with Crippen LogP contribution in [0.3, 0.4) is 0 Å². The molecule has 1 amide bonds. The largest absolute Gasteiger partial charge is 0.488 e. The molecule has 1 heterocycles. The van der Waals surface area contributed by atoms with Crippen molar-refractivity contribution in [1.82, 2.24) is 10.3 Å². The molecule has 0 aliphatic heterocycles. The van der Waals surface area contributed by atoms with E-state index in [1.54, 1.807) is 6.07 Å². The lowest BCUT2D eigenvalue weighted by Crippen LogP contribution is -2.56. The van der Waals surface area contributed by atoms with Gasteiger partial charge in [-0.25, -0.2) is 9.78 Å². The van der Waals surface area contributed by atoms with Crippen molar-refractivity contribution < 1.29 is 24.2 Å². The Bertz CT molecular complexity index is 951. The minimum atomic E-state index is -1.24. The van der Waals surface area contributed by atoms with Crippen molar-refractivity contribution in [3.05, 3.63) is 53.2 Å². The maximum Gasteiger partial charge on any atom is 0.329 e. The molecule has 0 atom stereocenters. The topological polar surface area (TPSA) is 97.8 Å². The van der Waals surface area contributed by atoms with Crippen molar-refractivity contribution in [3.8, 4) is 11.6 Å². The molecule has 1 aliphatic rings. The summed E-state index contributed by atoms with van der Waals surface area (Å²) in [6.07, 6.45) is 5.53. The number of carbonyl (C=O) groups is 2. The van der Waals surface area contributed by atoms with Crippen LogP contribution in [0, 0.1) is 12.8 Å². The zero-order valence-corrected chi connectivity index (χ0v) is 19.0. The van der Waals surface area contributed by atoms with Gasteiger partial charge in [0, 0.05) is 18.7 Å². The third kappa shape index (κ3) is 5.58. The maximum absolute atomic E-state index is 12.9. The van der Waals surface area contributed by atoms with E-state index in [0.717, 1.165) is 24.8 Å². The fraction of sp³-hybridized carbons (Fsp3) is 0.480. The first-order chi connectivity index (χ1) is 15.4. The molecular weight excluding hydrogens is 408 g/mol. The number of pyridine rings is 1. The number of nitrogens with zero attached hydrogens (tertiary/aromatic N) is 1. The van der Waals surface area contributed by atoms with Gasteiger partial charge in [0.25, 0.3) is 11.8 Å². The van der Waals surface area contributed by atoms with Gasteiger partial charge in [-0.1, -0.05) is 43.2 Å². The summed E-state index contributed by atoms with van der Waals surface area (Å²) in [5.74, 6) is -0.318. The van der Waals surface area contributed by atoms with Gasteiger partial charge in [-0.3, -0.25) is 4.79 Å². The lowest BCUT2D eigenvalue weighted by Gasteiger charge is -2.37. The van der Waals surface area contributed by atoms with Crippen LogP contribution in [-0.2, 0) is 11.2 Å². The Morgan fingerprint density at radius 1 is 1.25 bits per heavy atom. The van der Waals surface area contributed by atoms with Gasteiger partial charge in [-0.2, -0.15) is 0 Å². The molecule has 7 nitrogen and oxygen atoms in total. The Morgan fingerprint density at radius 2 is 2.00 bits per heavy atom. The van der Waals surface area contributed by atoms with Crippen LogP contribution in [0.15, 0.2) is 36.5 Å². The van der Waals surface area contributed by atoms with Gasteiger partial charge in [-0.15, -0.1) is 0 Å². The molecule has 1 saturated carbocycles. The van der Waals surface area contributed by atoms with Crippen molar-refractivity contribution in [3.63, 3.8) is 0 Å². The van der Waals surface area contributed by atoms with E-state index in [-0.39, 0.29) is 11.4 Å². The molecule has 7 heteroatoms. The summed E-state index contributed by atoms with van der Waals surface area (Å²) in [5.41, 5.74) is 1.33. The Balaban J connectivity index is 1.70. The minimum Gasteiger partial charge on any atom is -0.488 e. The predicted molar refractivity (Wildman–Crippen MR) is 121 cm³/mol. The first-order valence-corrected chi connectivity index (χ1v) is 11.1. The number of aromatic nitrogens is 1. The van der Waals surface area contributed by atoms with E-state index in [9.17, 15) is 14.7 Å². The van der Waals surface area contributed by atoms with Gasteiger partial charge in [0.2, 0.25) is 0 Å². The molecule has 1 fully saturated rings. The summed E-state index contributed by atoms with van der Waals surface area (Å²) in [7, 11) is 1.49. The summed E-state index contributed by atoms with van der Waals surface area (Å²) in [6, 6.07) is 9.74. The number of methoxy groups -OCH3 is 1. The first kappa shape index (κ1) is 23.6. The van der Waals surface area contributed by atoms with E-state index in [4.69, 9.17) is 9.47 Å². The van der Waals surface area contributed by atoms with Crippen molar-refractivity contribution in [2.24, 2.45) is 5.92 Å². The monoisotopic (exact) mass is 440 g/mol. The highest BCUT2D eigenvalue weighted by Gasteiger charge is 2.43. The lowest BCUT2D eigenvalue weighted by atomic mass is 9.75. The molecule has 1 aromatic carbocycles. The van der Waals surface area contributed by atoms with Crippen molar-refractivity contribution in [2.45, 2.75) is 57.9 Å². The number of nitrogens with one attached hydrogen (secondary N) is 1. The molecule has 2 aromatic rings. The smallest absolute Gasteiger partial charge is 0.329 e. The van der Waals surface area contributed by atoms with E-state index in [0.29, 0.717) is 37.5 Å². The molecule has 0 bridgehead atoms. The third-order valence-electron chi connectivity index (χ3n) is 6.30. The number of rotatable bonds is 9. The molecule has 0 saturated heterocycles. The second-order valence-corrected chi connectivity index (χ2v) is 8.51. The number of ether oxygens (including phenoxy) is 2. The number of benzene rings is 1. The number of hydrogen-bond acceptors (Lipinski definition) is 5. The average Bonchev–Trinajstić information content (AvgIpc) is 2.79. The van der Waals surface area contributed by atoms with Crippen LogP contribution in [0.25, 0.3) is 0 Å². The van der Waals surface area contributed by atoms with Gasteiger partial charge >= 0.3 is 5.97 Å². The van der Waals surface area contributed by atoms with Crippen LogP contribution in [0.2, 0.25) is 0 Å². The Kier molecular flexibility index (Phi) is 7.72. The molecular formula is C25H32N2O5. The molecule has 1 aliphatic carbocycles. The summed E-state index contributed by atoms with van der Waals surface area (Å²) in [5, 5.41) is 12.6. The zero-order valence-electron chi connectivity index (χ0n) is 19.0. The van der Waals surface area contributed by atoms with Crippen molar-refractivity contribution in [2.75, 3.05) is 13.7 Å². The molecule has 3 rings (SSSR count). The number of carbonyl (C=O) groups excluding carboxylic acids is 1. The quantitative estimate of drug-likeness (QED) is 0.607. The van der Waals surface area contributed by atoms with Crippen LogP contribution >= 0.6 is 0 Å². The second-order valence-electron chi connectivity index (χ2n) is 8.51. The molecule has 32 heavy (non-hydrogen) atoms. The highest BCUT2D eigenvalue weighted by atomic mass is 16.5. The number of aryl methyl sites for hydroxylation is 1. The second kappa shape index (κ2) is 10.5. The van der Waals surface area contributed by atoms with Crippen LogP contribution in [0.5, 0.6) is 11.6 Å². The van der Waals surface area contributed by atoms with Crippen LogP contribution in [0.4, 0.5) is 0 Å². The summed E-state index contributed by atoms with van der Waals surface area (Å²) >= 11 is 0. The number of carboxylic acid groups (broad SMARTS) is 1. The fourth-order valence-corrected chi connectivity index (χ4v) is 4.22. The molecule has 1 aromatic heterocycles. The molecule has 0 spiro atoms. The molecule has 0 unspecified atom stereocenters. The lowest BCUT2D eigenvalue weighted by molar-refractivity contribution is -0.146. The Morgan fingerprint density at radius 3 is 2.62 bits per heavy atom. The highest BCUT2D eigenvalue weighted by Crippen LogP contribution is 2.34. The van der Waals surface area contributed by atoms with E-state index in [1.165, 1.54) is 18.9 Å². The Hall–Kier alpha value is -3.09. The van der Waals surface area contributed by atoms with Gasteiger partial charge in [0.05, 0.1) is 19.3 Å². The predicted octanol–water partition coefficient (Wildman–Crippen LogP) is 4.17. The fourth-order valence-electron chi connectivity index (χ4n) is 4.22. The average molecular weight is 441 g/mol. The summed E-state index contributed by atoms with van der Waals surface area (Å²) < 4.78 is 11.1. The number of aliphatic carboxylic acids is 1. The zero-order chi connectivity index (χ0) is 23.1. The van der Waals surface area contributed by atoms with Crippen LogP contribution in [-0.4, -0.2) is 41.2 Å².